The second kappa shape index (κ2) is 5.73. The molecule has 96 valence electrons. The predicted octanol–water partition coefficient (Wildman–Crippen LogP) is 1.70. The van der Waals surface area contributed by atoms with Crippen LogP contribution in [0.3, 0.4) is 0 Å². The maximum absolute atomic E-state index is 4.44. The van der Waals surface area contributed by atoms with Crippen molar-refractivity contribution < 1.29 is 0 Å². The van der Waals surface area contributed by atoms with Gasteiger partial charge in [0.05, 0.1) is 29.3 Å². The third-order valence-corrected chi connectivity index (χ3v) is 2.87. The Morgan fingerprint density at radius 3 is 2.78 bits per heavy atom. The van der Waals surface area contributed by atoms with Crippen molar-refractivity contribution in [2.45, 2.75) is 32.9 Å². The third kappa shape index (κ3) is 2.56. The van der Waals surface area contributed by atoms with E-state index >= 15 is 0 Å². The molecule has 5 heteroatoms. The first kappa shape index (κ1) is 12.7. The summed E-state index contributed by atoms with van der Waals surface area (Å²) in [7, 11) is 1.93. The van der Waals surface area contributed by atoms with E-state index in [1.165, 1.54) is 0 Å². The van der Waals surface area contributed by atoms with Crippen LogP contribution in [-0.4, -0.2) is 26.8 Å². The fourth-order valence-electron chi connectivity index (χ4n) is 1.99. The fraction of sp³-hybridized carbons (Fsp3) is 0.462. The van der Waals surface area contributed by atoms with Gasteiger partial charge in [-0.15, -0.1) is 0 Å². The number of hydrogen-bond donors (Lipinski definition) is 1. The number of nitrogens with zero attached hydrogens (tertiary/aromatic N) is 4. The summed E-state index contributed by atoms with van der Waals surface area (Å²) in [6.45, 7) is 5.00. The Hall–Kier alpha value is -1.75. The van der Waals surface area contributed by atoms with Crippen LogP contribution in [0.4, 0.5) is 0 Å². The van der Waals surface area contributed by atoms with Crippen molar-refractivity contribution in [3.63, 3.8) is 0 Å². The molecule has 2 aromatic heterocycles. The van der Waals surface area contributed by atoms with Crippen molar-refractivity contribution >= 4 is 0 Å². The van der Waals surface area contributed by atoms with Crippen LogP contribution in [0.15, 0.2) is 24.7 Å². The maximum atomic E-state index is 4.44. The molecule has 0 aromatic carbocycles. The minimum atomic E-state index is 0.0344. The highest BCUT2D eigenvalue weighted by atomic mass is 15.3. The fourth-order valence-corrected chi connectivity index (χ4v) is 1.99. The molecule has 0 radical (unpaired) electrons. The molecule has 18 heavy (non-hydrogen) atoms. The maximum Gasteiger partial charge on any atom is 0.0935 e. The van der Waals surface area contributed by atoms with E-state index in [0.717, 1.165) is 30.0 Å². The number of nitrogens with one attached hydrogen (secondary N) is 1. The van der Waals surface area contributed by atoms with Crippen LogP contribution < -0.4 is 5.32 Å². The molecule has 2 heterocycles. The van der Waals surface area contributed by atoms with Gasteiger partial charge in [0.15, 0.2) is 0 Å². The second-order valence-corrected chi connectivity index (χ2v) is 4.28. The molecule has 0 spiro atoms. The molecular formula is C13H19N5. The summed E-state index contributed by atoms with van der Waals surface area (Å²) in [5.74, 6) is 0. The lowest BCUT2D eigenvalue weighted by molar-refractivity contribution is 0.528. The van der Waals surface area contributed by atoms with Crippen LogP contribution in [0.5, 0.6) is 0 Å². The normalized spacial score (nSPS) is 12.6. The molecule has 0 saturated carbocycles. The molecule has 1 atom stereocenters. The molecule has 0 aliphatic rings. The van der Waals surface area contributed by atoms with Crippen LogP contribution in [0.1, 0.15) is 36.5 Å². The largest absolute Gasteiger partial charge is 0.307 e. The lowest BCUT2D eigenvalue weighted by Gasteiger charge is -2.17. The Bertz CT molecular complexity index is 488. The third-order valence-electron chi connectivity index (χ3n) is 2.87. The van der Waals surface area contributed by atoms with E-state index in [4.69, 9.17) is 0 Å². The van der Waals surface area contributed by atoms with E-state index in [1.807, 2.05) is 37.1 Å². The standard InChI is InChI=1S/C13H19N5/c1-4-7-18-12(5-6-17-18)13(14-3)11-9-15-10(2)8-16-11/h5-6,8-9,13-14H,4,7H2,1-3H3. The van der Waals surface area contributed by atoms with Gasteiger partial charge in [-0.25, -0.2) is 0 Å². The summed E-state index contributed by atoms with van der Waals surface area (Å²) in [6, 6.07) is 2.06. The zero-order valence-electron chi connectivity index (χ0n) is 11.1. The van der Waals surface area contributed by atoms with E-state index in [1.54, 1.807) is 6.20 Å². The molecule has 2 aromatic rings. The minimum Gasteiger partial charge on any atom is -0.307 e. The van der Waals surface area contributed by atoms with Crippen molar-refractivity contribution in [3.8, 4) is 0 Å². The number of aromatic nitrogens is 4. The van der Waals surface area contributed by atoms with Gasteiger partial charge >= 0.3 is 0 Å². The Kier molecular flexibility index (Phi) is 4.04. The summed E-state index contributed by atoms with van der Waals surface area (Å²) >= 11 is 0. The number of rotatable bonds is 5. The molecule has 2 rings (SSSR count). The summed E-state index contributed by atoms with van der Waals surface area (Å²) < 4.78 is 2.02. The van der Waals surface area contributed by atoms with Gasteiger partial charge in [-0.05, 0) is 26.5 Å². The second-order valence-electron chi connectivity index (χ2n) is 4.28. The first-order valence-electron chi connectivity index (χ1n) is 6.23. The van der Waals surface area contributed by atoms with Crippen molar-refractivity contribution in [1.29, 1.82) is 0 Å². The van der Waals surface area contributed by atoms with Gasteiger partial charge in [-0.1, -0.05) is 6.92 Å². The Morgan fingerprint density at radius 2 is 2.17 bits per heavy atom. The minimum absolute atomic E-state index is 0.0344. The van der Waals surface area contributed by atoms with Crippen LogP contribution in [0.25, 0.3) is 0 Å². The number of aryl methyl sites for hydroxylation is 2. The van der Waals surface area contributed by atoms with E-state index in [9.17, 15) is 0 Å². The molecule has 1 N–H and O–H groups in total. The van der Waals surface area contributed by atoms with Crippen molar-refractivity contribution in [2.24, 2.45) is 0 Å². The average molecular weight is 245 g/mol. The molecule has 0 aliphatic carbocycles. The van der Waals surface area contributed by atoms with E-state index in [0.29, 0.717) is 0 Å². The van der Waals surface area contributed by atoms with E-state index < -0.39 is 0 Å². The Morgan fingerprint density at radius 1 is 1.33 bits per heavy atom. The summed E-state index contributed by atoms with van der Waals surface area (Å²) in [5, 5.41) is 7.62. The van der Waals surface area contributed by atoms with Crippen molar-refractivity contribution in [1.82, 2.24) is 25.1 Å². The van der Waals surface area contributed by atoms with Crippen LogP contribution in [0.2, 0.25) is 0 Å². The number of hydrogen-bond acceptors (Lipinski definition) is 4. The molecule has 0 amide bonds. The molecular weight excluding hydrogens is 226 g/mol. The van der Waals surface area contributed by atoms with Crippen LogP contribution in [-0.2, 0) is 6.54 Å². The topological polar surface area (TPSA) is 55.6 Å². The summed E-state index contributed by atoms with van der Waals surface area (Å²) in [4.78, 5) is 8.74. The predicted molar refractivity (Wildman–Crippen MR) is 70.2 cm³/mol. The highest BCUT2D eigenvalue weighted by Crippen LogP contribution is 2.19. The summed E-state index contributed by atoms with van der Waals surface area (Å²) in [5.41, 5.74) is 2.97. The molecule has 0 fully saturated rings. The molecule has 5 nitrogen and oxygen atoms in total. The first-order chi connectivity index (χ1) is 8.76. The zero-order chi connectivity index (χ0) is 13.0. The van der Waals surface area contributed by atoms with Crippen LogP contribution in [0, 0.1) is 6.92 Å². The molecule has 0 aliphatic heterocycles. The van der Waals surface area contributed by atoms with Gasteiger partial charge in [0, 0.05) is 18.9 Å². The van der Waals surface area contributed by atoms with Gasteiger partial charge in [0.1, 0.15) is 0 Å². The zero-order valence-corrected chi connectivity index (χ0v) is 11.1. The monoisotopic (exact) mass is 245 g/mol. The van der Waals surface area contributed by atoms with Crippen molar-refractivity contribution in [2.75, 3.05) is 7.05 Å². The highest BCUT2D eigenvalue weighted by Gasteiger charge is 2.17. The van der Waals surface area contributed by atoms with Gasteiger partial charge in [0.2, 0.25) is 0 Å². The van der Waals surface area contributed by atoms with Crippen LogP contribution >= 0.6 is 0 Å². The van der Waals surface area contributed by atoms with Crippen molar-refractivity contribution in [3.05, 3.63) is 41.7 Å². The Labute approximate surface area is 107 Å². The first-order valence-corrected chi connectivity index (χ1v) is 6.23. The molecule has 1 unspecified atom stereocenters. The Balaban J connectivity index is 2.32. The summed E-state index contributed by atoms with van der Waals surface area (Å²) in [6.07, 6.45) is 6.50. The lowest BCUT2D eigenvalue weighted by atomic mass is 10.1. The average Bonchev–Trinajstić information content (AvgIpc) is 2.82. The van der Waals surface area contributed by atoms with E-state index in [-0.39, 0.29) is 6.04 Å². The van der Waals surface area contributed by atoms with E-state index in [2.05, 4.69) is 27.3 Å². The van der Waals surface area contributed by atoms with Gasteiger partial charge in [-0.3, -0.25) is 14.6 Å². The lowest BCUT2D eigenvalue weighted by Crippen LogP contribution is -2.22. The quantitative estimate of drug-likeness (QED) is 0.871. The highest BCUT2D eigenvalue weighted by molar-refractivity contribution is 5.20. The van der Waals surface area contributed by atoms with Gasteiger partial charge in [0.25, 0.3) is 0 Å². The molecule has 0 saturated heterocycles. The SMILES string of the molecule is CCCn1nccc1C(NC)c1cnc(C)cn1. The smallest absolute Gasteiger partial charge is 0.0935 e. The molecule has 0 bridgehead atoms. The van der Waals surface area contributed by atoms with Gasteiger partial charge < -0.3 is 5.32 Å². The van der Waals surface area contributed by atoms with Gasteiger partial charge in [-0.2, -0.15) is 5.10 Å².